The molecule has 4 rings (SSSR count). The van der Waals surface area contributed by atoms with Crippen molar-refractivity contribution >= 4 is 11.8 Å². The minimum Gasteiger partial charge on any atom is -0.396 e. The zero-order chi connectivity index (χ0) is 17.6. The Morgan fingerprint density at radius 1 is 1.16 bits per heavy atom. The lowest BCUT2D eigenvalue weighted by atomic mass is 9.84. The number of primary amides is 1. The standard InChI is InChI=1S/C19H25N3O3/c20-18(24)16-3-1-2-13-8-22(19(25)17(13)16)15-9-21(10-15)14-6-4-12(11-23)5-7-14/h1-3,12,14-15,23H,4-11H2,(H2,20,24)/t12-,14+. The van der Waals surface area contributed by atoms with E-state index in [-0.39, 0.29) is 11.9 Å². The summed E-state index contributed by atoms with van der Waals surface area (Å²) in [5, 5.41) is 9.26. The molecule has 2 heterocycles. The summed E-state index contributed by atoms with van der Waals surface area (Å²) in [5.74, 6) is -0.129. The average Bonchev–Trinajstić information content (AvgIpc) is 2.91. The van der Waals surface area contributed by atoms with Crippen LogP contribution in [0.5, 0.6) is 0 Å². The SMILES string of the molecule is NC(=O)c1cccc2c1C(=O)N(C1CN([C@H]3CC[C@@H](CO)CC3)C1)C2. The largest absolute Gasteiger partial charge is 0.396 e. The van der Waals surface area contributed by atoms with Crippen molar-refractivity contribution in [3.05, 3.63) is 34.9 Å². The molecular formula is C19H25N3O3. The second-order valence-corrected chi connectivity index (χ2v) is 7.60. The molecule has 6 nitrogen and oxygen atoms in total. The molecule has 1 saturated carbocycles. The fourth-order valence-corrected chi connectivity index (χ4v) is 4.56. The second-order valence-electron chi connectivity index (χ2n) is 7.60. The van der Waals surface area contributed by atoms with E-state index in [2.05, 4.69) is 4.90 Å². The van der Waals surface area contributed by atoms with E-state index in [1.165, 1.54) is 0 Å². The van der Waals surface area contributed by atoms with Crippen LogP contribution in [0.1, 0.15) is 52.0 Å². The predicted molar refractivity (Wildman–Crippen MR) is 93.0 cm³/mol. The lowest BCUT2D eigenvalue weighted by Gasteiger charge is -2.49. The van der Waals surface area contributed by atoms with Crippen LogP contribution in [0, 0.1) is 5.92 Å². The van der Waals surface area contributed by atoms with Gasteiger partial charge in [-0.2, -0.15) is 0 Å². The van der Waals surface area contributed by atoms with Gasteiger partial charge in [-0.1, -0.05) is 12.1 Å². The van der Waals surface area contributed by atoms with E-state index in [0.717, 1.165) is 44.3 Å². The molecule has 0 unspecified atom stereocenters. The van der Waals surface area contributed by atoms with Gasteiger partial charge in [0.25, 0.3) is 5.91 Å². The summed E-state index contributed by atoms with van der Waals surface area (Å²) >= 11 is 0. The van der Waals surface area contributed by atoms with Crippen LogP contribution in [0.4, 0.5) is 0 Å². The van der Waals surface area contributed by atoms with Crippen molar-refractivity contribution in [2.45, 2.75) is 44.3 Å². The van der Waals surface area contributed by atoms with Gasteiger partial charge in [0.2, 0.25) is 5.91 Å². The molecule has 6 heteroatoms. The van der Waals surface area contributed by atoms with Crippen LogP contribution in [-0.4, -0.2) is 58.5 Å². The smallest absolute Gasteiger partial charge is 0.255 e. The minimum atomic E-state index is -0.539. The van der Waals surface area contributed by atoms with Crippen molar-refractivity contribution in [1.29, 1.82) is 0 Å². The van der Waals surface area contributed by atoms with E-state index < -0.39 is 5.91 Å². The summed E-state index contributed by atoms with van der Waals surface area (Å²) in [5.41, 5.74) is 7.16. The molecular weight excluding hydrogens is 318 g/mol. The summed E-state index contributed by atoms with van der Waals surface area (Å²) < 4.78 is 0. The van der Waals surface area contributed by atoms with Crippen LogP contribution in [-0.2, 0) is 6.54 Å². The van der Waals surface area contributed by atoms with E-state index in [9.17, 15) is 14.7 Å². The Balaban J connectivity index is 1.39. The number of rotatable bonds is 4. The number of likely N-dealkylation sites (tertiary alicyclic amines) is 1. The topological polar surface area (TPSA) is 86.9 Å². The van der Waals surface area contributed by atoms with Crippen LogP contribution >= 0.6 is 0 Å². The Morgan fingerprint density at radius 3 is 2.52 bits per heavy atom. The van der Waals surface area contributed by atoms with Crippen LogP contribution in [0.2, 0.25) is 0 Å². The zero-order valence-electron chi connectivity index (χ0n) is 14.4. The lowest BCUT2D eigenvalue weighted by molar-refractivity contribution is -0.00706. The number of aliphatic hydroxyl groups is 1. The lowest BCUT2D eigenvalue weighted by Crippen LogP contribution is -2.62. The van der Waals surface area contributed by atoms with Gasteiger partial charge in [0.1, 0.15) is 0 Å². The molecule has 134 valence electrons. The van der Waals surface area contributed by atoms with Crippen LogP contribution < -0.4 is 5.73 Å². The summed E-state index contributed by atoms with van der Waals surface area (Å²) in [6, 6.07) is 6.14. The van der Waals surface area contributed by atoms with E-state index in [1.807, 2.05) is 11.0 Å². The molecule has 0 bridgehead atoms. The van der Waals surface area contributed by atoms with Gasteiger partial charge in [0.05, 0.1) is 17.2 Å². The number of nitrogens with zero attached hydrogens (tertiary/aromatic N) is 2. The number of carbonyl (C=O) groups excluding carboxylic acids is 2. The first-order valence-corrected chi connectivity index (χ1v) is 9.16. The molecule has 1 aromatic carbocycles. The third kappa shape index (κ3) is 2.83. The molecule has 2 fully saturated rings. The summed E-state index contributed by atoms with van der Waals surface area (Å²) in [4.78, 5) is 28.8. The number of carbonyl (C=O) groups is 2. The monoisotopic (exact) mass is 343 g/mol. The van der Waals surface area contributed by atoms with Gasteiger partial charge in [0.15, 0.2) is 0 Å². The molecule has 3 N–H and O–H groups in total. The van der Waals surface area contributed by atoms with Gasteiger partial charge in [-0.25, -0.2) is 0 Å². The maximum atomic E-state index is 12.8. The number of benzene rings is 1. The molecule has 0 spiro atoms. The molecule has 25 heavy (non-hydrogen) atoms. The Morgan fingerprint density at radius 2 is 1.88 bits per heavy atom. The third-order valence-corrected chi connectivity index (χ3v) is 6.15. The third-order valence-electron chi connectivity index (χ3n) is 6.15. The number of aliphatic hydroxyl groups excluding tert-OH is 1. The summed E-state index contributed by atoms with van der Waals surface area (Å²) in [6.07, 6.45) is 4.46. The molecule has 2 aliphatic heterocycles. The maximum absolute atomic E-state index is 12.8. The van der Waals surface area contributed by atoms with Crippen molar-refractivity contribution in [2.75, 3.05) is 19.7 Å². The van der Waals surface area contributed by atoms with Gasteiger partial charge in [-0.05, 0) is 43.2 Å². The number of amides is 2. The number of hydrogen-bond acceptors (Lipinski definition) is 4. The highest BCUT2D eigenvalue weighted by atomic mass is 16.3. The van der Waals surface area contributed by atoms with E-state index in [0.29, 0.717) is 36.2 Å². The highest BCUT2D eigenvalue weighted by molar-refractivity contribution is 6.09. The quantitative estimate of drug-likeness (QED) is 0.853. The van der Waals surface area contributed by atoms with Crippen molar-refractivity contribution in [2.24, 2.45) is 11.7 Å². The maximum Gasteiger partial charge on any atom is 0.255 e. The van der Waals surface area contributed by atoms with E-state index in [4.69, 9.17) is 5.73 Å². The Kier molecular flexibility index (Phi) is 4.25. The average molecular weight is 343 g/mol. The normalized spacial score (nSPS) is 27.2. The Bertz CT molecular complexity index is 691. The van der Waals surface area contributed by atoms with Crippen molar-refractivity contribution in [1.82, 2.24) is 9.80 Å². The summed E-state index contributed by atoms with van der Waals surface area (Å²) in [7, 11) is 0. The zero-order valence-corrected chi connectivity index (χ0v) is 14.4. The van der Waals surface area contributed by atoms with E-state index >= 15 is 0 Å². The van der Waals surface area contributed by atoms with Gasteiger partial charge >= 0.3 is 0 Å². The molecule has 1 aromatic rings. The molecule has 2 amide bonds. The highest BCUT2D eigenvalue weighted by Gasteiger charge is 2.42. The highest BCUT2D eigenvalue weighted by Crippen LogP contribution is 2.34. The minimum absolute atomic E-state index is 0.0574. The number of hydrogen-bond donors (Lipinski definition) is 2. The Hall–Kier alpha value is -1.92. The first-order valence-electron chi connectivity index (χ1n) is 9.16. The molecule has 3 aliphatic rings. The molecule has 0 atom stereocenters. The van der Waals surface area contributed by atoms with Gasteiger partial charge in [-0.15, -0.1) is 0 Å². The molecule has 1 aliphatic carbocycles. The molecule has 1 saturated heterocycles. The van der Waals surface area contributed by atoms with Gasteiger partial charge in [-0.3, -0.25) is 14.5 Å². The van der Waals surface area contributed by atoms with E-state index in [1.54, 1.807) is 12.1 Å². The first-order chi connectivity index (χ1) is 12.1. The van der Waals surface area contributed by atoms with Crippen LogP contribution in [0.15, 0.2) is 18.2 Å². The molecule has 0 radical (unpaired) electrons. The Labute approximate surface area is 147 Å². The number of fused-ring (bicyclic) bond motifs is 1. The molecule has 0 aromatic heterocycles. The fraction of sp³-hybridized carbons (Fsp3) is 0.579. The van der Waals surface area contributed by atoms with Crippen molar-refractivity contribution in [3.63, 3.8) is 0 Å². The predicted octanol–water partition coefficient (Wildman–Crippen LogP) is 0.977. The summed E-state index contributed by atoms with van der Waals surface area (Å²) in [6.45, 7) is 2.68. The first kappa shape index (κ1) is 16.5. The van der Waals surface area contributed by atoms with Gasteiger partial charge in [0, 0.05) is 32.3 Å². The van der Waals surface area contributed by atoms with Gasteiger partial charge < -0.3 is 15.7 Å². The fourth-order valence-electron chi connectivity index (χ4n) is 4.56. The number of nitrogens with two attached hydrogens (primary N) is 1. The van der Waals surface area contributed by atoms with Crippen LogP contribution in [0.3, 0.4) is 0 Å². The van der Waals surface area contributed by atoms with Crippen molar-refractivity contribution in [3.8, 4) is 0 Å². The van der Waals surface area contributed by atoms with Crippen LogP contribution in [0.25, 0.3) is 0 Å². The second kappa shape index (κ2) is 6.42. The van der Waals surface area contributed by atoms with Crippen molar-refractivity contribution < 1.29 is 14.7 Å².